The highest BCUT2D eigenvalue weighted by molar-refractivity contribution is 5.95. The Bertz CT molecular complexity index is 416. The van der Waals surface area contributed by atoms with Crippen LogP contribution in [-0.4, -0.2) is 30.5 Å². The summed E-state index contributed by atoms with van der Waals surface area (Å²) in [6.07, 6.45) is 3.76. The van der Waals surface area contributed by atoms with Gasteiger partial charge < -0.3 is 10.2 Å². The number of amides is 1. The number of halogens is 1. The summed E-state index contributed by atoms with van der Waals surface area (Å²) in [5.41, 5.74) is 0.849. The van der Waals surface area contributed by atoms with Gasteiger partial charge in [0, 0.05) is 19.6 Å². The highest BCUT2D eigenvalue weighted by Crippen LogP contribution is 2.21. The van der Waals surface area contributed by atoms with E-state index >= 15 is 0 Å². The standard InChI is InChI=1S/C12H16FN3O/c1-2-14-12(17)10-7-9(8-15-11(10)13)16-5-3-4-6-16/h7-8H,2-6H2,1H3,(H,14,17). The van der Waals surface area contributed by atoms with Gasteiger partial charge in [-0.1, -0.05) is 0 Å². The molecule has 1 aliphatic heterocycles. The highest BCUT2D eigenvalue weighted by atomic mass is 19.1. The van der Waals surface area contributed by atoms with E-state index < -0.39 is 11.9 Å². The van der Waals surface area contributed by atoms with E-state index in [4.69, 9.17) is 0 Å². The summed E-state index contributed by atoms with van der Waals surface area (Å²) in [6.45, 7) is 4.17. The van der Waals surface area contributed by atoms with Crippen LogP contribution >= 0.6 is 0 Å². The molecule has 0 spiro atoms. The fraction of sp³-hybridized carbons (Fsp3) is 0.500. The Balaban J connectivity index is 2.25. The molecule has 4 nitrogen and oxygen atoms in total. The molecule has 1 aromatic heterocycles. The van der Waals surface area contributed by atoms with Crippen LogP contribution in [0.25, 0.3) is 0 Å². The Labute approximate surface area is 99.8 Å². The molecule has 0 unspecified atom stereocenters. The zero-order valence-electron chi connectivity index (χ0n) is 9.87. The molecule has 0 atom stereocenters. The van der Waals surface area contributed by atoms with Crippen molar-refractivity contribution in [3.8, 4) is 0 Å². The number of hydrogen-bond acceptors (Lipinski definition) is 3. The van der Waals surface area contributed by atoms with Crippen LogP contribution < -0.4 is 10.2 Å². The van der Waals surface area contributed by atoms with Crippen molar-refractivity contribution in [1.29, 1.82) is 0 Å². The van der Waals surface area contributed by atoms with Gasteiger partial charge in [-0.15, -0.1) is 0 Å². The quantitative estimate of drug-likeness (QED) is 0.812. The van der Waals surface area contributed by atoms with Gasteiger partial charge in [0.15, 0.2) is 0 Å². The second kappa shape index (κ2) is 5.12. The minimum atomic E-state index is -0.709. The number of carbonyl (C=O) groups is 1. The molecule has 1 fully saturated rings. The Hall–Kier alpha value is -1.65. The lowest BCUT2D eigenvalue weighted by Gasteiger charge is -2.17. The summed E-state index contributed by atoms with van der Waals surface area (Å²) in [7, 11) is 0. The smallest absolute Gasteiger partial charge is 0.255 e. The maximum absolute atomic E-state index is 13.4. The minimum absolute atomic E-state index is 0.0243. The molecule has 1 aromatic rings. The summed E-state index contributed by atoms with van der Waals surface area (Å²) in [5.74, 6) is -1.11. The fourth-order valence-corrected chi connectivity index (χ4v) is 2.00. The lowest BCUT2D eigenvalue weighted by atomic mass is 10.2. The van der Waals surface area contributed by atoms with Crippen molar-refractivity contribution >= 4 is 11.6 Å². The predicted molar refractivity (Wildman–Crippen MR) is 63.6 cm³/mol. The topological polar surface area (TPSA) is 45.2 Å². The molecule has 1 saturated heterocycles. The van der Waals surface area contributed by atoms with Gasteiger partial charge in [-0.25, -0.2) is 4.98 Å². The van der Waals surface area contributed by atoms with Crippen molar-refractivity contribution in [2.24, 2.45) is 0 Å². The molecule has 17 heavy (non-hydrogen) atoms. The number of nitrogens with one attached hydrogen (secondary N) is 1. The second-order valence-electron chi connectivity index (χ2n) is 4.09. The van der Waals surface area contributed by atoms with E-state index in [9.17, 15) is 9.18 Å². The second-order valence-corrected chi connectivity index (χ2v) is 4.09. The maximum atomic E-state index is 13.4. The molecule has 0 radical (unpaired) electrons. The molecule has 1 aliphatic rings. The summed E-state index contributed by atoms with van der Waals surface area (Å²) >= 11 is 0. The van der Waals surface area contributed by atoms with Crippen molar-refractivity contribution in [2.75, 3.05) is 24.5 Å². The molecule has 1 amide bonds. The van der Waals surface area contributed by atoms with Crippen LogP contribution in [0.4, 0.5) is 10.1 Å². The molecule has 0 aliphatic carbocycles. The van der Waals surface area contributed by atoms with E-state index in [-0.39, 0.29) is 5.56 Å². The molecule has 0 saturated carbocycles. The summed E-state index contributed by atoms with van der Waals surface area (Å²) in [6, 6.07) is 1.58. The first-order chi connectivity index (χ1) is 8.22. The van der Waals surface area contributed by atoms with Gasteiger partial charge in [0.2, 0.25) is 5.95 Å². The molecule has 5 heteroatoms. The lowest BCUT2D eigenvalue weighted by molar-refractivity contribution is 0.0951. The van der Waals surface area contributed by atoms with Crippen molar-refractivity contribution < 1.29 is 9.18 Å². The third-order valence-corrected chi connectivity index (χ3v) is 2.88. The SMILES string of the molecule is CCNC(=O)c1cc(N2CCCC2)cnc1F. The Kier molecular flexibility index (Phi) is 3.56. The Morgan fingerprint density at radius 2 is 2.24 bits per heavy atom. The van der Waals surface area contributed by atoms with Crippen LogP contribution in [0.2, 0.25) is 0 Å². The van der Waals surface area contributed by atoms with Gasteiger partial charge in [0.05, 0.1) is 17.4 Å². The van der Waals surface area contributed by atoms with Crippen molar-refractivity contribution in [2.45, 2.75) is 19.8 Å². The third-order valence-electron chi connectivity index (χ3n) is 2.88. The predicted octanol–water partition coefficient (Wildman–Crippen LogP) is 1.57. The van der Waals surface area contributed by atoms with Gasteiger partial charge in [-0.2, -0.15) is 4.39 Å². The first-order valence-corrected chi connectivity index (χ1v) is 5.91. The van der Waals surface area contributed by atoms with Crippen LogP contribution in [0.1, 0.15) is 30.1 Å². The first-order valence-electron chi connectivity index (χ1n) is 5.91. The molecule has 0 aromatic carbocycles. The third kappa shape index (κ3) is 2.54. The number of anilines is 1. The number of rotatable bonds is 3. The first kappa shape index (κ1) is 11.8. The summed E-state index contributed by atoms with van der Waals surface area (Å²) < 4.78 is 13.4. The fourth-order valence-electron chi connectivity index (χ4n) is 2.00. The largest absolute Gasteiger partial charge is 0.370 e. The number of aromatic nitrogens is 1. The van der Waals surface area contributed by atoms with Crippen molar-refractivity contribution in [3.63, 3.8) is 0 Å². The van der Waals surface area contributed by atoms with Gasteiger partial charge >= 0.3 is 0 Å². The minimum Gasteiger partial charge on any atom is -0.370 e. The van der Waals surface area contributed by atoms with E-state index in [1.54, 1.807) is 13.0 Å². The van der Waals surface area contributed by atoms with E-state index in [2.05, 4.69) is 15.2 Å². The van der Waals surface area contributed by atoms with E-state index in [1.165, 1.54) is 6.20 Å². The number of hydrogen-bond donors (Lipinski definition) is 1. The molecular formula is C12H16FN3O. The number of pyridine rings is 1. The Morgan fingerprint density at radius 3 is 2.88 bits per heavy atom. The van der Waals surface area contributed by atoms with Crippen LogP contribution in [0.15, 0.2) is 12.3 Å². The zero-order valence-corrected chi connectivity index (χ0v) is 9.87. The van der Waals surface area contributed by atoms with Crippen molar-refractivity contribution in [1.82, 2.24) is 10.3 Å². The van der Waals surface area contributed by atoms with Gasteiger partial charge in [-0.3, -0.25) is 4.79 Å². The van der Waals surface area contributed by atoms with Gasteiger partial charge in [0.1, 0.15) is 0 Å². The maximum Gasteiger partial charge on any atom is 0.255 e. The molecular weight excluding hydrogens is 221 g/mol. The van der Waals surface area contributed by atoms with Gasteiger partial charge in [-0.05, 0) is 25.8 Å². The van der Waals surface area contributed by atoms with Gasteiger partial charge in [0.25, 0.3) is 5.91 Å². The normalized spacial score (nSPS) is 15.1. The summed E-state index contributed by atoms with van der Waals surface area (Å²) in [5, 5.41) is 2.58. The molecule has 2 rings (SSSR count). The van der Waals surface area contributed by atoms with Crippen LogP contribution in [0.5, 0.6) is 0 Å². The molecule has 0 bridgehead atoms. The van der Waals surface area contributed by atoms with Crippen LogP contribution in [0.3, 0.4) is 0 Å². The van der Waals surface area contributed by atoms with E-state index in [0.717, 1.165) is 31.6 Å². The van der Waals surface area contributed by atoms with Crippen LogP contribution in [-0.2, 0) is 0 Å². The zero-order chi connectivity index (χ0) is 12.3. The summed E-state index contributed by atoms with van der Waals surface area (Å²) in [4.78, 5) is 17.4. The average Bonchev–Trinajstić information content (AvgIpc) is 2.83. The highest BCUT2D eigenvalue weighted by Gasteiger charge is 2.17. The lowest BCUT2D eigenvalue weighted by Crippen LogP contribution is -2.25. The molecule has 92 valence electrons. The molecule has 1 N–H and O–H groups in total. The average molecular weight is 237 g/mol. The van der Waals surface area contributed by atoms with Crippen molar-refractivity contribution in [3.05, 3.63) is 23.8 Å². The number of carbonyl (C=O) groups excluding carboxylic acids is 1. The Morgan fingerprint density at radius 1 is 1.53 bits per heavy atom. The molecule has 2 heterocycles. The van der Waals surface area contributed by atoms with E-state index in [0.29, 0.717) is 6.54 Å². The van der Waals surface area contributed by atoms with Crippen LogP contribution in [0, 0.1) is 5.95 Å². The monoisotopic (exact) mass is 237 g/mol. The number of nitrogens with zero attached hydrogens (tertiary/aromatic N) is 2. The van der Waals surface area contributed by atoms with E-state index in [1.807, 2.05) is 0 Å².